The predicted octanol–water partition coefficient (Wildman–Crippen LogP) is 3.44. The van der Waals surface area contributed by atoms with Gasteiger partial charge < -0.3 is 10.6 Å². The molecule has 4 aliphatic carbocycles. The average molecular weight is 296 g/mol. The minimum atomic E-state index is -0.546. The van der Waals surface area contributed by atoms with Gasteiger partial charge in [0, 0.05) is 0 Å². The van der Waals surface area contributed by atoms with E-state index >= 15 is 0 Å². The molecule has 2 N–H and O–H groups in total. The normalized spacial score (nSPS) is 47.6. The number of nitrogens with two attached hydrogens (primary N) is 1. The highest BCUT2D eigenvalue weighted by atomic mass is 17.0. The van der Waals surface area contributed by atoms with Crippen molar-refractivity contribution < 1.29 is 9.92 Å². The van der Waals surface area contributed by atoms with E-state index in [0.29, 0.717) is 6.54 Å². The van der Waals surface area contributed by atoms with Crippen molar-refractivity contribution in [3.8, 4) is 0 Å². The van der Waals surface area contributed by atoms with E-state index in [0.717, 1.165) is 38.5 Å². The fraction of sp³-hybridized carbons (Fsp3) is 1.00. The van der Waals surface area contributed by atoms with Crippen LogP contribution in [0.4, 0.5) is 0 Å². The maximum absolute atomic E-state index is 11.1. The zero-order valence-electron chi connectivity index (χ0n) is 13.3. The zero-order chi connectivity index (χ0) is 15.4. The maximum Gasteiger partial charge on any atom is 0.295 e. The molecule has 0 saturated heterocycles. The molecule has 0 spiro atoms. The van der Waals surface area contributed by atoms with Gasteiger partial charge in [0.1, 0.15) is 5.60 Å². The van der Waals surface area contributed by atoms with Crippen LogP contribution in [0.15, 0.2) is 0 Å². The van der Waals surface area contributed by atoms with Gasteiger partial charge in [-0.1, -0.05) is 26.7 Å². The Labute approximate surface area is 126 Å². The molecular weight excluding hydrogens is 268 g/mol. The fourth-order valence-electron chi connectivity index (χ4n) is 6.76. The van der Waals surface area contributed by atoms with E-state index in [1.165, 1.54) is 19.3 Å². The molecule has 2 atom stereocenters. The first-order valence-electron chi connectivity index (χ1n) is 8.38. The molecule has 0 heterocycles. The summed E-state index contributed by atoms with van der Waals surface area (Å²) in [6, 6.07) is 0. The van der Waals surface area contributed by atoms with E-state index < -0.39 is 10.7 Å². The molecule has 5 nitrogen and oxygen atoms in total. The lowest BCUT2D eigenvalue weighted by Crippen LogP contribution is -2.65. The molecule has 120 valence electrons. The van der Waals surface area contributed by atoms with E-state index in [1.807, 2.05) is 0 Å². The van der Waals surface area contributed by atoms with Gasteiger partial charge in [-0.2, -0.15) is 0 Å². The van der Waals surface area contributed by atoms with Crippen LogP contribution in [0.5, 0.6) is 0 Å². The molecule has 0 aromatic rings. The third-order valence-electron chi connectivity index (χ3n) is 6.78. The smallest absolute Gasteiger partial charge is 0.295 e. The SMILES string of the molecule is CCC12CC3(CC)CC(CCN)(C1)CC(O[N+](=O)[O-])(C2)C3. The van der Waals surface area contributed by atoms with Gasteiger partial charge in [-0.15, -0.1) is 10.1 Å². The highest BCUT2D eigenvalue weighted by Crippen LogP contribution is 2.74. The second-order valence-corrected chi connectivity index (χ2v) is 8.30. The van der Waals surface area contributed by atoms with Gasteiger partial charge in [0.05, 0.1) is 0 Å². The van der Waals surface area contributed by atoms with E-state index in [-0.39, 0.29) is 16.2 Å². The summed E-state index contributed by atoms with van der Waals surface area (Å²) in [5.74, 6) is 0. The Morgan fingerprint density at radius 1 is 1.00 bits per heavy atom. The molecular formula is C16H28N2O3. The van der Waals surface area contributed by atoms with Crippen molar-refractivity contribution in [3.63, 3.8) is 0 Å². The van der Waals surface area contributed by atoms with Crippen molar-refractivity contribution in [2.45, 2.75) is 77.2 Å². The van der Waals surface area contributed by atoms with Gasteiger partial charge in [0.2, 0.25) is 0 Å². The Bertz CT molecular complexity index is 431. The molecule has 0 radical (unpaired) electrons. The zero-order valence-corrected chi connectivity index (χ0v) is 13.3. The molecule has 0 aliphatic heterocycles. The quantitative estimate of drug-likeness (QED) is 0.601. The lowest BCUT2D eigenvalue weighted by atomic mass is 9.37. The number of nitrogens with zero attached hydrogens (tertiary/aromatic N) is 1. The highest BCUT2D eigenvalue weighted by Gasteiger charge is 2.68. The summed E-state index contributed by atoms with van der Waals surface area (Å²) in [6.45, 7) is 5.16. The minimum Gasteiger partial charge on any atom is -0.330 e. The molecule has 4 rings (SSSR count). The Hall–Kier alpha value is -0.840. The topological polar surface area (TPSA) is 78.4 Å². The average Bonchev–Trinajstić information content (AvgIpc) is 2.35. The monoisotopic (exact) mass is 296 g/mol. The molecule has 4 aliphatic rings. The Morgan fingerprint density at radius 2 is 1.48 bits per heavy atom. The maximum atomic E-state index is 11.1. The first-order valence-corrected chi connectivity index (χ1v) is 8.38. The number of hydrogen-bond donors (Lipinski definition) is 1. The fourth-order valence-corrected chi connectivity index (χ4v) is 6.76. The van der Waals surface area contributed by atoms with Gasteiger partial charge >= 0.3 is 0 Å². The van der Waals surface area contributed by atoms with Crippen LogP contribution in [0, 0.1) is 26.4 Å². The summed E-state index contributed by atoms with van der Waals surface area (Å²) < 4.78 is 0. The van der Waals surface area contributed by atoms with Crippen molar-refractivity contribution >= 4 is 0 Å². The first kappa shape index (κ1) is 15.1. The Kier molecular flexibility index (Phi) is 3.28. The van der Waals surface area contributed by atoms with Crippen LogP contribution in [-0.2, 0) is 4.84 Å². The molecule has 4 bridgehead atoms. The Balaban J connectivity index is 2.03. The molecule has 4 saturated carbocycles. The second-order valence-electron chi connectivity index (χ2n) is 8.30. The van der Waals surface area contributed by atoms with Crippen LogP contribution in [0.3, 0.4) is 0 Å². The van der Waals surface area contributed by atoms with Crippen LogP contribution in [0.25, 0.3) is 0 Å². The molecule has 2 unspecified atom stereocenters. The van der Waals surface area contributed by atoms with E-state index in [9.17, 15) is 10.1 Å². The summed E-state index contributed by atoms with van der Waals surface area (Å²) in [6.07, 6.45) is 9.37. The largest absolute Gasteiger partial charge is 0.330 e. The standard InChI is InChI=1S/C16H28N2O3/c1-3-13-7-14(4-2)9-15(8-13,5-6-17)12-16(10-13,11-14)21-18(19)20/h3-12,17H2,1-2H3. The summed E-state index contributed by atoms with van der Waals surface area (Å²) in [5, 5.41) is 10.5. The van der Waals surface area contributed by atoms with Gasteiger partial charge in [0.15, 0.2) is 0 Å². The second kappa shape index (κ2) is 4.58. The summed E-state index contributed by atoms with van der Waals surface area (Å²) in [4.78, 5) is 16.4. The lowest BCUT2D eigenvalue weighted by molar-refractivity contribution is -0.787. The van der Waals surface area contributed by atoms with Crippen molar-refractivity contribution in [1.29, 1.82) is 0 Å². The Morgan fingerprint density at radius 3 is 1.90 bits per heavy atom. The van der Waals surface area contributed by atoms with Crippen molar-refractivity contribution in [2.24, 2.45) is 22.0 Å². The summed E-state index contributed by atoms with van der Waals surface area (Å²) in [7, 11) is 0. The van der Waals surface area contributed by atoms with Crippen molar-refractivity contribution in [3.05, 3.63) is 10.1 Å². The van der Waals surface area contributed by atoms with E-state index in [4.69, 9.17) is 10.6 Å². The lowest BCUT2D eigenvalue weighted by Gasteiger charge is -2.70. The molecule has 21 heavy (non-hydrogen) atoms. The summed E-state index contributed by atoms with van der Waals surface area (Å²) in [5.41, 5.74) is 5.98. The third kappa shape index (κ3) is 2.24. The van der Waals surface area contributed by atoms with Crippen molar-refractivity contribution in [2.75, 3.05) is 6.54 Å². The molecule has 4 fully saturated rings. The molecule has 0 aromatic heterocycles. The molecule has 0 aromatic carbocycles. The molecule has 0 amide bonds. The van der Waals surface area contributed by atoms with E-state index in [1.54, 1.807) is 0 Å². The van der Waals surface area contributed by atoms with E-state index in [2.05, 4.69) is 13.8 Å². The van der Waals surface area contributed by atoms with Gasteiger partial charge in [-0.25, -0.2) is 0 Å². The van der Waals surface area contributed by atoms with Crippen LogP contribution in [0.1, 0.15) is 71.6 Å². The first-order chi connectivity index (χ1) is 9.84. The third-order valence-corrected chi connectivity index (χ3v) is 6.78. The van der Waals surface area contributed by atoms with Crippen LogP contribution >= 0.6 is 0 Å². The number of rotatable bonds is 6. The van der Waals surface area contributed by atoms with Gasteiger partial charge in [-0.05, 0) is 67.7 Å². The molecule has 5 heteroatoms. The van der Waals surface area contributed by atoms with Gasteiger partial charge in [0.25, 0.3) is 5.09 Å². The van der Waals surface area contributed by atoms with Crippen molar-refractivity contribution in [1.82, 2.24) is 0 Å². The number of hydrogen-bond acceptors (Lipinski definition) is 4. The van der Waals surface area contributed by atoms with Gasteiger partial charge in [-0.3, -0.25) is 0 Å². The predicted molar refractivity (Wildman–Crippen MR) is 80.1 cm³/mol. The van der Waals surface area contributed by atoms with Crippen LogP contribution < -0.4 is 5.73 Å². The minimum absolute atomic E-state index is 0.172. The van der Waals surface area contributed by atoms with Crippen LogP contribution in [0.2, 0.25) is 0 Å². The summed E-state index contributed by atoms with van der Waals surface area (Å²) >= 11 is 0. The van der Waals surface area contributed by atoms with Crippen LogP contribution in [-0.4, -0.2) is 17.2 Å². The highest BCUT2D eigenvalue weighted by molar-refractivity contribution is 5.17.